The molecule has 3 aromatic rings. The van der Waals surface area contributed by atoms with Crippen molar-refractivity contribution in [3.63, 3.8) is 0 Å². The zero-order chi connectivity index (χ0) is 15.5. The van der Waals surface area contributed by atoms with E-state index in [1.54, 1.807) is 12.1 Å². The van der Waals surface area contributed by atoms with Crippen LogP contribution in [0.3, 0.4) is 0 Å². The van der Waals surface area contributed by atoms with Gasteiger partial charge in [0.05, 0.1) is 12.3 Å². The minimum absolute atomic E-state index is 0.218. The standard InChI is InChI=1S/C15H13N5O2/c1-2-21-15-10(7-16)11(17)6-14(20-15)19-9-3-4-13-12(5-9)18-8-22-13/h3-6,8H,2H2,1H3,(H3,17,19,20). The maximum Gasteiger partial charge on any atom is 0.235 e. The second kappa shape index (κ2) is 5.61. The Kier molecular flexibility index (Phi) is 3.50. The molecule has 0 fully saturated rings. The van der Waals surface area contributed by atoms with Gasteiger partial charge in [0.1, 0.15) is 23.0 Å². The molecule has 3 rings (SSSR count). The van der Waals surface area contributed by atoms with Gasteiger partial charge in [-0.2, -0.15) is 10.2 Å². The van der Waals surface area contributed by atoms with Crippen molar-refractivity contribution in [3.8, 4) is 11.9 Å². The number of nitriles is 1. The fraction of sp³-hybridized carbons (Fsp3) is 0.133. The summed E-state index contributed by atoms with van der Waals surface area (Å²) in [6, 6.07) is 9.06. The fourth-order valence-corrected chi connectivity index (χ4v) is 2.04. The molecular weight excluding hydrogens is 282 g/mol. The first-order valence-electron chi connectivity index (χ1n) is 6.65. The number of nitrogens with one attached hydrogen (secondary N) is 1. The number of nitrogens with two attached hydrogens (primary N) is 1. The van der Waals surface area contributed by atoms with E-state index in [0.717, 1.165) is 11.2 Å². The molecule has 0 bridgehead atoms. The van der Waals surface area contributed by atoms with Crippen molar-refractivity contribution >= 4 is 28.3 Å². The highest BCUT2D eigenvalue weighted by atomic mass is 16.5. The van der Waals surface area contributed by atoms with Crippen LogP contribution in [0.15, 0.2) is 35.1 Å². The Hall–Kier alpha value is -3.27. The number of rotatable bonds is 4. The van der Waals surface area contributed by atoms with Gasteiger partial charge in [-0.25, -0.2) is 4.98 Å². The highest BCUT2D eigenvalue weighted by Gasteiger charge is 2.12. The average Bonchev–Trinajstić information content (AvgIpc) is 2.95. The number of aromatic nitrogens is 2. The van der Waals surface area contributed by atoms with Gasteiger partial charge in [-0.15, -0.1) is 0 Å². The van der Waals surface area contributed by atoms with E-state index >= 15 is 0 Å². The molecule has 22 heavy (non-hydrogen) atoms. The van der Waals surface area contributed by atoms with Crippen molar-refractivity contribution in [2.24, 2.45) is 0 Å². The van der Waals surface area contributed by atoms with Crippen LogP contribution in [0.5, 0.6) is 5.88 Å². The van der Waals surface area contributed by atoms with Crippen LogP contribution in [0.2, 0.25) is 0 Å². The van der Waals surface area contributed by atoms with Crippen molar-refractivity contribution in [1.29, 1.82) is 5.26 Å². The summed E-state index contributed by atoms with van der Waals surface area (Å²) in [7, 11) is 0. The third-order valence-corrected chi connectivity index (χ3v) is 3.01. The van der Waals surface area contributed by atoms with Crippen LogP contribution in [0.25, 0.3) is 11.1 Å². The summed E-state index contributed by atoms with van der Waals surface area (Å²) in [4.78, 5) is 8.37. The number of ether oxygens (including phenoxy) is 1. The van der Waals surface area contributed by atoms with E-state index in [1.807, 2.05) is 25.1 Å². The number of nitrogen functional groups attached to an aromatic ring is 1. The Morgan fingerprint density at radius 1 is 1.41 bits per heavy atom. The summed E-state index contributed by atoms with van der Waals surface area (Å²) >= 11 is 0. The lowest BCUT2D eigenvalue weighted by atomic mass is 10.2. The van der Waals surface area contributed by atoms with Gasteiger partial charge >= 0.3 is 0 Å². The molecule has 1 aromatic carbocycles. The van der Waals surface area contributed by atoms with Crippen molar-refractivity contribution < 1.29 is 9.15 Å². The monoisotopic (exact) mass is 295 g/mol. The Balaban J connectivity index is 1.96. The van der Waals surface area contributed by atoms with Gasteiger partial charge in [0.25, 0.3) is 0 Å². The molecule has 0 aliphatic carbocycles. The van der Waals surface area contributed by atoms with E-state index in [2.05, 4.69) is 15.3 Å². The molecule has 7 nitrogen and oxygen atoms in total. The number of pyridine rings is 1. The van der Waals surface area contributed by atoms with E-state index in [9.17, 15) is 0 Å². The summed E-state index contributed by atoms with van der Waals surface area (Å²) in [5.41, 5.74) is 8.64. The quantitative estimate of drug-likeness (QED) is 0.761. The molecule has 0 saturated carbocycles. The molecule has 0 amide bonds. The molecule has 110 valence electrons. The molecule has 0 aliphatic rings. The lowest BCUT2D eigenvalue weighted by Crippen LogP contribution is -2.04. The summed E-state index contributed by atoms with van der Waals surface area (Å²) in [6.45, 7) is 2.22. The Morgan fingerprint density at radius 3 is 3.05 bits per heavy atom. The molecule has 0 unspecified atom stereocenters. The van der Waals surface area contributed by atoms with Gasteiger partial charge < -0.3 is 20.2 Å². The van der Waals surface area contributed by atoms with Crippen LogP contribution >= 0.6 is 0 Å². The van der Waals surface area contributed by atoms with Crippen LogP contribution in [0.4, 0.5) is 17.2 Å². The van der Waals surface area contributed by atoms with Crippen LogP contribution < -0.4 is 15.8 Å². The third-order valence-electron chi connectivity index (χ3n) is 3.01. The summed E-state index contributed by atoms with van der Waals surface area (Å²) < 4.78 is 10.6. The number of hydrogen-bond acceptors (Lipinski definition) is 7. The summed E-state index contributed by atoms with van der Waals surface area (Å²) in [5.74, 6) is 0.706. The molecule has 0 radical (unpaired) electrons. The van der Waals surface area contributed by atoms with Crippen LogP contribution in [-0.2, 0) is 0 Å². The highest BCUT2D eigenvalue weighted by molar-refractivity contribution is 5.78. The van der Waals surface area contributed by atoms with Crippen LogP contribution in [0, 0.1) is 11.3 Å². The first kappa shape index (κ1) is 13.7. The zero-order valence-corrected chi connectivity index (χ0v) is 11.8. The zero-order valence-electron chi connectivity index (χ0n) is 11.8. The van der Waals surface area contributed by atoms with Gasteiger partial charge in [-0.05, 0) is 25.1 Å². The predicted octanol–water partition coefficient (Wildman–Crippen LogP) is 2.82. The van der Waals surface area contributed by atoms with Crippen molar-refractivity contribution in [1.82, 2.24) is 9.97 Å². The second-order valence-corrected chi connectivity index (χ2v) is 4.48. The van der Waals surface area contributed by atoms with Crippen molar-refractivity contribution in [3.05, 3.63) is 36.2 Å². The fourth-order valence-electron chi connectivity index (χ4n) is 2.04. The number of benzene rings is 1. The topological polar surface area (TPSA) is 110 Å². The van der Waals surface area contributed by atoms with Gasteiger partial charge in [0.15, 0.2) is 12.0 Å². The predicted molar refractivity (Wildman–Crippen MR) is 81.8 cm³/mol. The molecule has 2 aromatic heterocycles. The molecular formula is C15H13N5O2. The Bertz CT molecular complexity index is 866. The highest BCUT2D eigenvalue weighted by Crippen LogP contribution is 2.27. The molecule has 7 heteroatoms. The first-order chi connectivity index (χ1) is 10.7. The van der Waals surface area contributed by atoms with Crippen molar-refractivity contribution in [2.45, 2.75) is 6.92 Å². The molecule has 3 N–H and O–H groups in total. The van der Waals surface area contributed by atoms with E-state index in [1.165, 1.54) is 6.39 Å². The summed E-state index contributed by atoms with van der Waals surface area (Å²) in [5, 5.41) is 12.2. The normalized spacial score (nSPS) is 10.4. The number of fused-ring (bicyclic) bond motifs is 1. The maximum absolute atomic E-state index is 9.11. The minimum atomic E-state index is 0.218. The first-order valence-corrected chi connectivity index (χ1v) is 6.65. The summed E-state index contributed by atoms with van der Waals surface area (Å²) in [6.07, 6.45) is 1.39. The molecule has 0 atom stereocenters. The lowest BCUT2D eigenvalue weighted by molar-refractivity contribution is 0.326. The van der Waals surface area contributed by atoms with E-state index in [0.29, 0.717) is 23.7 Å². The number of hydrogen-bond donors (Lipinski definition) is 2. The molecule has 0 saturated heterocycles. The number of anilines is 3. The molecule has 2 heterocycles. The second-order valence-electron chi connectivity index (χ2n) is 4.48. The third kappa shape index (κ3) is 2.50. The van der Waals surface area contributed by atoms with Gasteiger partial charge in [0.2, 0.25) is 5.88 Å². The Morgan fingerprint density at radius 2 is 2.27 bits per heavy atom. The maximum atomic E-state index is 9.11. The average molecular weight is 295 g/mol. The minimum Gasteiger partial charge on any atom is -0.477 e. The number of nitrogens with zero attached hydrogens (tertiary/aromatic N) is 3. The SMILES string of the molecule is CCOc1nc(Nc2ccc3ocnc3c2)cc(N)c1C#N. The van der Waals surface area contributed by atoms with Gasteiger partial charge in [0, 0.05) is 11.8 Å². The van der Waals surface area contributed by atoms with E-state index in [4.69, 9.17) is 20.1 Å². The van der Waals surface area contributed by atoms with E-state index < -0.39 is 0 Å². The largest absolute Gasteiger partial charge is 0.477 e. The van der Waals surface area contributed by atoms with Crippen LogP contribution in [0.1, 0.15) is 12.5 Å². The lowest BCUT2D eigenvalue weighted by Gasteiger charge is -2.11. The smallest absolute Gasteiger partial charge is 0.235 e. The molecule has 0 aliphatic heterocycles. The molecule has 0 spiro atoms. The van der Waals surface area contributed by atoms with Crippen molar-refractivity contribution in [2.75, 3.05) is 17.7 Å². The van der Waals surface area contributed by atoms with Crippen LogP contribution in [-0.4, -0.2) is 16.6 Å². The van der Waals surface area contributed by atoms with Gasteiger partial charge in [-0.3, -0.25) is 0 Å². The number of oxazole rings is 1. The Labute approximate surface area is 126 Å². The van der Waals surface area contributed by atoms with E-state index in [-0.39, 0.29) is 11.4 Å². The van der Waals surface area contributed by atoms with Gasteiger partial charge in [-0.1, -0.05) is 0 Å².